The van der Waals surface area contributed by atoms with Crippen LogP contribution in [0.1, 0.15) is 26.5 Å². The zero-order chi connectivity index (χ0) is 9.84. The van der Waals surface area contributed by atoms with Gasteiger partial charge in [-0.1, -0.05) is 13.8 Å². The number of amides is 1. The Hall–Kier alpha value is -1.25. The van der Waals surface area contributed by atoms with Crippen LogP contribution in [0.3, 0.4) is 0 Å². The lowest BCUT2D eigenvalue weighted by atomic mass is 10.4. The van der Waals surface area contributed by atoms with E-state index >= 15 is 0 Å². The number of fused-ring (bicyclic) bond motifs is 1. The fourth-order valence-corrected chi connectivity index (χ4v) is 1.39. The van der Waals surface area contributed by atoms with Crippen molar-refractivity contribution in [3.8, 4) is 0 Å². The maximum atomic E-state index is 11.4. The highest BCUT2D eigenvalue weighted by Gasteiger charge is 2.23. The zero-order valence-corrected chi connectivity index (χ0v) is 8.45. The molecule has 1 aromatic rings. The highest BCUT2D eigenvalue weighted by atomic mass is 16.2. The van der Waals surface area contributed by atoms with E-state index in [0.29, 0.717) is 0 Å². The lowest BCUT2D eigenvalue weighted by Crippen LogP contribution is -2.25. The van der Waals surface area contributed by atoms with E-state index < -0.39 is 0 Å². The second kappa shape index (κ2) is 4.12. The summed E-state index contributed by atoms with van der Waals surface area (Å²) in [5, 5.41) is 0. The topological polar surface area (TPSA) is 25.2 Å². The summed E-state index contributed by atoms with van der Waals surface area (Å²) >= 11 is 0. The Labute approximate surface area is 79.0 Å². The van der Waals surface area contributed by atoms with E-state index in [1.807, 2.05) is 44.0 Å². The minimum absolute atomic E-state index is 0.104. The summed E-state index contributed by atoms with van der Waals surface area (Å²) in [6.45, 7) is 7.55. The van der Waals surface area contributed by atoms with E-state index in [9.17, 15) is 4.79 Å². The number of hydrogen-bond donors (Lipinski definition) is 0. The molecule has 0 spiro atoms. The van der Waals surface area contributed by atoms with Crippen molar-refractivity contribution < 1.29 is 4.79 Å². The lowest BCUT2D eigenvalue weighted by Gasteiger charge is -2.10. The van der Waals surface area contributed by atoms with Gasteiger partial charge in [-0.15, -0.1) is 0 Å². The van der Waals surface area contributed by atoms with Gasteiger partial charge in [0.2, 0.25) is 0 Å². The van der Waals surface area contributed by atoms with Gasteiger partial charge >= 0.3 is 6.03 Å². The maximum Gasteiger partial charge on any atom is 0.328 e. The Kier molecular flexibility index (Phi) is 3.12. The normalized spacial score (nSPS) is 13.8. The van der Waals surface area contributed by atoms with Gasteiger partial charge in [-0.05, 0) is 19.1 Å². The van der Waals surface area contributed by atoms with Gasteiger partial charge in [0.05, 0.1) is 6.54 Å². The van der Waals surface area contributed by atoms with Crippen molar-refractivity contribution >= 4 is 6.03 Å². The fourth-order valence-electron chi connectivity index (χ4n) is 1.39. The molecule has 0 saturated carbocycles. The summed E-state index contributed by atoms with van der Waals surface area (Å²) < 4.78 is 1.70. The van der Waals surface area contributed by atoms with Crippen LogP contribution in [-0.4, -0.2) is 22.0 Å². The molecule has 1 aromatic heterocycles. The first-order valence-corrected chi connectivity index (χ1v) is 4.78. The standard InChI is InChI=1S/C8H10N2O.C2H6/c1-2-9-6-7-4-3-5-10(7)8(9)11;1-2/h3-5H,2,6H2,1H3;1-2H3. The van der Waals surface area contributed by atoms with Crippen LogP contribution < -0.4 is 0 Å². The summed E-state index contributed by atoms with van der Waals surface area (Å²) in [4.78, 5) is 13.2. The smallest absolute Gasteiger partial charge is 0.319 e. The number of carbonyl (C=O) groups excluding carboxylic acids is 1. The molecule has 0 bridgehead atoms. The Morgan fingerprint density at radius 3 is 2.69 bits per heavy atom. The number of hydrogen-bond acceptors (Lipinski definition) is 1. The average Bonchev–Trinajstić information content (AvgIpc) is 2.73. The monoisotopic (exact) mass is 180 g/mol. The molecule has 1 aliphatic heterocycles. The van der Waals surface area contributed by atoms with Crippen LogP contribution in [0.25, 0.3) is 0 Å². The number of carbonyl (C=O) groups is 1. The molecule has 0 fully saturated rings. The molecule has 0 aliphatic carbocycles. The highest BCUT2D eigenvalue weighted by Crippen LogP contribution is 2.15. The molecular formula is C10H16N2O. The second-order valence-electron chi connectivity index (χ2n) is 2.67. The first-order valence-electron chi connectivity index (χ1n) is 4.78. The van der Waals surface area contributed by atoms with Crippen molar-refractivity contribution in [2.24, 2.45) is 0 Å². The Bertz CT molecular complexity index is 291. The van der Waals surface area contributed by atoms with Gasteiger partial charge in [0.25, 0.3) is 0 Å². The van der Waals surface area contributed by atoms with Crippen LogP contribution in [0.5, 0.6) is 0 Å². The Morgan fingerprint density at radius 1 is 1.46 bits per heavy atom. The van der Waals surface area contributed by atoms with Crippen molar-refractivity contribution in [3.63, 3.8) is 0 Å². The Morgan fingerprint density at radius 2 is 2.15 bits per heavy atom. The molecule has 2 heterocycles. The number of nitrogens with zero attached hydrogens (tertiary/aromatic N) is 2. The first-order chi connectivity index (χ1) is 6.33. The summed E-state index contributed by atoms with van der Waals surface area (Å²) in [6, 6.07) is 3.99. The van der Waals surface area contributed by atoms with Gasteiger partial charge < -0.3 is 4.90 Å². The summed E-state index contributed by atoms with van der Waals surface area (Å²) in [7, 11) is 0. The van der Waals surface area contributed by atoms with E-state index in [-0.39, 0.29) is 6.03 Å². The largest absolute Gasteiger partial charge is 0.328 e. The van der Waals surface area contributed by atoms with Crippen LogP contribution in [0.15, 0.2) is 18.3 Å². The molecule has 13 heavy (non-hydrogen) atoms. The number of aromatic nitrogens is 1. The van der Waals surface area contributed by atoms with Crippen molar-refractivity contribution in [1.82, 2.24) is 9.47 Å². The molecule has 0 radical (unpaired) electrons. The predicted molar refractivity (Wildman–Crippen MR) is 52.7 cm³/mol. The molecule has 72 valence electrons. The van der Waals surface area contributed by atoms with Crippen LogP contribution in [0.2, 0.25) is 0 Å². The van der Waals surface area contributed by atoms with Crippen molar-refractivity contribution in [2.75, 3.05) is 6.54 Å². The van der Waals surface area contributed by atoms with Gasteiger partial charge in [-0.2, -0.15) is 0 Å². The molecule has 0 aromatic carbocycles. The van der Waals surface area contributed by atoms with E-state index in [0.717, 1.165) is 18.8 Å². The molecular weight excluding hydrogens is 164 g/mol. The van der Waals surface area contributed by atoms with Gasteiger partial charge in [0.15, 0.2) is 0 Å². The molecule has 0 atom stereocenters. The first kappa shape index (κ1) is 9.84. The minimum atomic E-state index is 0.104. The Balaban J connectivity index is 0.000000396. The van der Waals surface area contributed by atoms with Gasteiger partial charge in [0.1, 0.15) is 0 Å². The summed E-state index contributed by atoms with van der Waals surface area (Å²) in [5.41, 5.74) is 1.09. The zero-order valence-electron chi connectivity index (χ0n) is 8.45. The SMILES string of the molecule is CC.CCN1Cc2cccn2C1=O. The minimum Gasteiger partial charge on any atom is -0.319 e. The molecule has 0 saturated heterocycles. The quantitative estimate of drug-likeness (QED) is 0.651. The van der Waals surface area contributed by atoms with Crippen LogP contribution in [0.4, 0.5) is 4.79 Å². The van der Waals surface area contributed by atoms with E-state index in [2.05, 4.69) is 0 Å². The third-order valence-electron chi connectivity index (χ3n) is 2.04. The summed E-state index contributed by atoms with van der Waals surface area (Å²) in [6.07, 6.45) is 1.81. The molecule has 3 nitrogen and oxygen atoms in total. The molecule has 3 heteroatoms. The van der Waals surface area contributed by atoms with Crippen molar-refractivity contribution in [2.45, 2.75) is 27.3 Å². The fraction of sp³-hybridized carbons (Fsp3) is 0.500. The maximum absolute atomic E-state index is 11.4. The van der Waals surface area contributed by atoms with Gasteiger partial charge in [0, 0.05) is 18.4 Å². The molecule has 0 N–H and O–H groups in total. The van der Waals surface area contributed by atoms with Gasteiger partial charge in [-0.25, -0.2) is 4.79 Å². The van der Waals surface area contributed by atoms with Crippen LogP contribution >= 0.6 is 0 Å². The molecule has 1 amide bonds. The van der Waals surface area contributed by atoms with Crippen molar-refractivity contribution in [1.29, 1.82) is 0 Å². The summed E-state index contributed by atoms with van der Waals surface area (Å²) in [5.74, 6) is 0. The van der Waals surface area contributed by atoms with Gasteiger partial charge in [-0.3, -0.25) is 4.57 Å². The molecule has 1 aliphatic rings. The number of rotatable bonds is 1. The van der Waals surface area contributed by atoms with Crippen molar-refractivity contribution in [3.05, 3.63) is 24.0 Å². The predicted octanol–water partition coefficient (Wildman–Crippen LogP) is 2.32. The third kappa shape index (κ3) is 1.59. The van der Waals surface area contributed by atoms with E-state index in [1.165, 1.54) is 0 Å². The molecule has 0 unspecified atom stereocenters. The van der Waals surface area contributed by atoms with Crippen LogP contribution in [-0.2, 0) is 6.54 Å². The highest BCUT2D eigenvalue weighted by molar-refractivity contribution is 5.80. The lowest BCUT2D eigenvalue weighted by molar-refractivity contribution is 0.212. The molecule has 2 rings (SSSR count). The van der Waals surface area contributed by atoms with Crippen LogP contribution in [0, 0.1) is 0 Å². The second-order valence-corrected chi connectivity index (χ2v) is 2.67. The third-order valence-corrected chi connectivity index (χ3v) is 2.04. The average molecular weight is 180 g/mol. The van der Waals surface area contributed by atoms with E-state index in [4.69, 9.17) is 0 Å². The van der Waals surface area contributed by atoms with E-state index in [1.54, 1.807) is 4.57 Å².